The standard InChI is InChI=1S/C27H36O4/c1-3-5-7-8-9-10-11-12-22-30-24-15-13-23(14-16-24)27(28)31-26-19-17-25(18-20-26)29-21-6-4-2/h3,13-20H,1,4-12,21-22H2,2H3. The number of unbranched alkanes of at least 4 members (excludes halogenated alkanes) is 7. The third kappa shape index (κ3) is 10.2. The van der Waals surface area contributed by atoms with Gasteiger partial charge in [0.25, 0.3) is 0 Å². The van der Waals surface area contributed by atoms with Crippen LogP contribution in [0.4, 0.5) is 0 Å². The fraction of sp³-hybridized carbons (Fsp3) is 0.444. The number of allylic oxidation sites excluding steroid dienone is 1. The Morgan fingerprint density at radius 1 is 0.742 bits per heavy atom. The molecule has 4 nitrogen and oxygen atoms in total. The zero-order valence-electron chi connectivity index (χ0n) is 18.8. The molecule has 0 unspecified atom stereocenters. The van der Waals surface area contributed by atoms with Crippen molar-refractivity contribution in [3.63, 3.8) is 0 Å². The van der Waals surface area contributed by atoms with Crippen molar-refractivity contribution in [3.05, 3.63) is 66.7 Å². The number of esters is 1. The highest BCUT2D eigenvalue weighted by Gasteiger charge is 2.09. The van der Waals surface area contributed by atoms with E-state index in [0.717, 1.165) is 37.2 Å². The van der Waals surface area contributed by atoms with E-state index in [4.69, 9.17) is 14.2 Å². The molecule has 0 fully saturated rings. The molecule has 0 aromatic heterocycles. The monoisotopic (exact) mass is 424 g/mol. The first-order valence-electron chi connectivity index (χ1n) is 11.5. The van der Waals surface area contributed by atoms with E-state index in [1.54, 1.807) is 24.3 Å². The van der Waals surface area contributed by atoms with Gasteiger partial charge in [-0.15, -0.1) is 6.58 Å². The minimum absolute atomic E-state index is 0.386. The van der Waals surface area contributed by atoms with Gasteiger partial charge < -0.3 is 14.2 Å². The molecule has 0 amide bonds. The van der Waals surface area contributed by atoms with E-state index in [1.807, 2.05) is 30.3 Å². The van der Waals surface area contributed by atoms with Crippen LogP contribution in [0.1, 0.15) is 75.1 Å². The Balaban J connectivity index is 1.66. The summed E-state index contributed by atoms with van der Waals surface area (Å²) in [4.78, 5) is 12.3. The van der Waals surface area contributed by atoms with Crippen LogP contribution in [0.15, 0.2) is 61.2 Å². The molecule has 2 aromatic carbocycles. The quantitative estimate of drug-likeness (QED) is 0.122. The van der Waals surface area contributed by atoms with Crippen LogP contribution < -0.4 is 14.2 Å². The van der Waals surface area contributed by atoms with Crippen molar-refractivity contribution in [1.29, 1.82) is 0 Å². The van der Waals surface area contributed by atoms with Gasteiger partial charge in [0.15, 0.2) is 0 Å². The van der Waals surface area contributed by atoms with Crippen molar-refractivity contribution in [2.75, 3.05) is 13.2 Å². The molecular formula is C27H36O4. The highest BCUT2D eigenvalue weighted by molar-refractivity contribution is 5.91. The Morgan fingerprint density at radius 2 is 1.26 bits per heavy atom. The SMILES string of the molecule is C=CCCCCCCCCOc1ccc(C(=O)Oc2ccc(OCCCC)cc2)cc1. The van der Waals surface area contributed by atoms with Gasteiger partial charge in [0.1, 0.15) is 17.2 Å². The van der Waals surface area contributed by atoms with Crippen molar-refractivity contribution in [2.24, 2.45) is 0 Å². The minimum atomic E-state index is -0.386. The molecule has 31 heavy (non-hydrogen) atoms. The number of carbonyl (C=O) groups excluding carboxylic acids is 1. The Bertz CT molecular complexity index is 750. The number of hydrogen-bond donors (Lipinski definition) is 0. The molecule has 0 radical (unpaired) electrons. The molecule has 0 heterocycles. The number of hydrogen-bond acceptors (Lipinski definition) is 4. The predicted molar refractivity (Wildman–Crippen MR) is 126 cm³/mol. The molecule has 0 aliphatic carbocycles. The molecule has 0 aliphatic heterocycles. The van der Waals surface area contributed by atoms with Crippen LogP contribution in [0.2, 0.25) is 0 Å². The van der Waals surface area contributed by atoms with Gasteiger partial charge in [0.05, 0.1) is 18.8 Å². The van der Waals surface area contributed by atoms with Crippen molar-refractivity contribution < 1.29 is 19.0 Å². The van der Waals surface area contributed by atoms with E-state index in [-0.39, 0.29) is 5.97 Å². The smallest absolute Gasteiger partial charge is 0.343 e. The van der Waals surface area contributed by atoms with Gasteiger partial charge in [-0.3, -0.25) is 0 Å². The van der Waals surface area contributed by atoms with Crippen LogP contribution in [0.3, 0.4) is 0 Å². The lowest BCUT2D eigenvalue weighted by molar-refractivity contribution is 0.0734. The summed E-state index contributed by atoms with van der Waals surface area (Å²) in [6.45, 7) is 7.27. The molecule has 0 saturated heterocycles. The van der Waals surface area contributed by atoms with Gasteiger partial charge in [-0.25, -0.2) is 4.79 Å². The zero-order chi connectivity index (χ0) is 22.2. The fourth-order valence-corrected chi connectivity index (χ4v) is 3.08. The van der Waals surface area contributed by atoms with Crippen LogP contribution >= 0.6 is 0 Å². The molecule has 0 saturated carbocycles. The molecular weight excluding hydrogens is 388 g/mol. The number of benzene rings is 2. The maximum Gasteiger partial charge on any atom is 0.343 e. The van der Waals surface area contributed by atoms with Crippen LogP contribution in [-0.4, -0.2) is 19.2 Å². The van der Waals surface area contributed by atoms with Gasteiger partial charge in [0, 0.05) is 0 Å². The Morgan fingerprint density at radius 3 is 1.87 bits per heavy atom. The van der Waals surface area contributed by atoms with E-state index in [9.17, 15) is 4.79 Å². The minimum Gasteiger partial charge on any atom is -0.494 e. The average Bonchev–Trinajstić information content (AvgIpc) is 2.79. The normalized spacial score (nSPS) is 10.5. The molecule has 168 valence electrons. The summed E-state index contributed by atoms with van der Waals surface area (Å²) in [5, 5.41) is 0. The first kappa shape index (κ1) is 24.5. The van der Waals surface area contributed by atoms with E-state index >= 15 is 0 Å². The van der Waals surface area contributed by atoms with Crippen LogP contribution in [0, 0.1) is 0 Å². The molecule has 0 atom stereocenters. The maximum absolute atomic E-state index is 12.3. The summed E-state index contributed by atoms with van der Waals surface area (Å²) in [6, 6.07) is 14.2. The van der Waals surface area contributed by atoms with Crippen molar-refractivity contribution >= 4 is 5.97 Å². The highest BCUT2D eigenvalue weighted by Crippen LogP contribution is 2.20. The lowest BCUT2D eigenvalue weighted by atomic mass is 10.1. The summed E-state index contributed by atoms with van der Waals surface area (Å²) >= 11 is 0. The van der Waals surface area contributed by atoms with Gasteiger partial charge >= 0.3 is 5.97 Å². The van der Waals surface area contributed by atoms with Crippen molar-refractivity contribution in [1.82, 2.24) is 0 Å². The Labute approximate surface area is 187 Å². The molecule has 0 N–H and O–H groups in total. The largest absolute Gasteiger partial charge is 0.494 e. The summed E-state index contributed by atoms with van der Waals surface area (Å²) in [5.41, 5.74) is 0.496. The molecule has 0 aliphatic rings. The number of ether oxygens (including phenoxy) is 3. The van der Waals surface area contributed by atoms with Crippen LogP contribution in [0.25, 0.3) is 0 Å². The lowest BCUT2D eigenvalue weighted by Gasteiger charge is -2.09. The Kier molecular flexibility index (Phi) is 12.0. The number of rotatable bonds is 16. The second-order valence-electron chi connectivity index (χ2n) is 7.63. The third-order valence-electron chi connectivity index (χ3n) is 4.96. The molecule has 0 spiro atoms. The molecule has 2 aromatic rings. The summed E-state index contributed by atoms with van der Waals surface area (Å²) in [7, 11) is 0. The highest BCUT2D eigenvalue weighted by atomic mass is 16.5. The van der Waals surface area contributed by atoms with Crippen LogP contribution in [0.5, 0.6) is 17.2 Å². The van der Waals surface area contributed by atoms with Gasteiger partial charge in [-0.2, -0.15) is 0 Å². The predicted octanol–water partition coefficient (Wildman–Crippen LogP) is 7.38. The Hall–Kier alpha value is -2.75. The second-order valence-corrected chi connectivity index (χ2v) is 7.63. The van der Waals surface area contributed by atoms with Crippen molar-refractivity contribution in [3.8, 4) is 17.2 Å². The average molecular weight is 425 g/mol. The fourth-order valence-electron chi connectivity index (χ4n) is 3.08. The maximum atomic E-state index is 12.3. The lowest BCUT2D eigenvalue weighted by Crippen LogP contribution is -2.08. The van der Waals surface area contributed by atoms with E-state index < -0.39 is 0 Å². The van der Waals surface area contributed by atoms with Crippen molar-refractivity contribution in [2.45, 2.75) is 64.7 Å². The van der Waals surface area contributed by atoms with Gasteiger partial charge in [-0.1, -0.05) is 45.1 Å². The summed E-state index contributed by atoms with van der Waals surface area (Å²) in [6.07, 6.45) is 12.5. The molecule has 2 rings (SSSR count). The van der Waals surface area contributed by atoms with Gasteiger partial charge in [0.2, 0.25) is 0 Å². The summed E-state index contributed by atoms with van der Waals surface area (Å²) < 4.78 is 16.8. The van der Waals surface area contributed by atoms with E-state index in [1.165, 1.54) is 32.1 Å². The third-order valence-corrected chi connectivity index (χ3v) is 4.96. The second kappa shape index (κ2) is 15.1. The first-order chi connectivity index (χ1) is 15.2. The van der Waals surface area contributed by atoms with E-state index in [2.05, 4.69) is 13.5 Å². The molecule has 0 bridgehead atoms. The summed E-state index contributed by atoms with van der Waals surface area (Å²) in [5.74, 6) is 1.67. The van der Waals surface area contributed by atoms with Gasteiger partial charge in [-0.05, 0) is 74.2 Å². The zero-order valence-corrected chi connectivity index (χ0v) is 18.8. The number of carbonyl (C=O) groups is 1. The van der Waals surface area contributed by atoms with E-state index in [0.29, 0.717) is 24.5 Å². The van der Waals surface area contributed by atoms with Crippen LogP contribution in [-0.2, 0) is 0 Å². The first-order valence-corrected chi connectivity index (χ1v) is 11.5. The topological polar surface area (TPSA) is 44.8 Å². The molecule has 4 heteroatoms.